The Hall–Kier alpha value is -0.260. The number of thioether (sulfide) groups is 1. The first kappa shape index (κ1) is 16.7. The van der Waals surface area contributed by atoms with Gasteiger partial charge in [0, 0.05) is 18.1 Å². The molecule has 5 heteroatoms. The lowest BCUT2D eigenvalue weighted by molar-refractivity contribution is -0.144. The van der Waals surface area contributed by atoms with Crippen molar-refractivity contribution < 1.29 is 14.3 Å². The van der Waals surface area contributed by atoms with Crippen molar-refractivity contribution in [1.82, 2.24) is 0 Å². The zero-order valence-corrected chi connectivity index (χ0v) is 11.9. The summed E-state index contributed by atoms with van der Waals surface area (Å²) < 4.78 is 10.3. The Labute approximate surface area is 109 Å². The van der Waals surface area contributed by atoms with Crippen molar-refractivity contribution in [2.24, 2.45) is 11.7 Å². The van der Waals surface area contributed by atoms with Gasteiger partial charge in [0.05, 0.1) is 13.2 Å². The minimum Gasteiger partial charge on any atom is -0.465 e. The minimum absolute atomic E-state index is 0.319. The first-order valence-corrected chi connectivity index (χ1v) is 7.31. The van der Waals surface area contributed by atoms with E-state index in [-0.39, 0.29) is 5.97 Å². The third kappa shape index (κ3) is 10.6. The molecular formula is C12H25NO3S. The average Bonchev–Trinajstić information content (AvgIpc) is 2.27. The number of hydrogen-bond acceptors (Lipinski definition) is 5. The van der Waals surface area contributed by atoms with Crippen molar-refractivity contribution in [3.8, 4) is 0 Å². The number of rotatable bonds is 10. The zero-order valence-electron chi connectivity index (χ0n) is 11.1. The van der Waals surface area contributed by atoms with Crippen molar-refractivity contribution in [3.05, 3.63) is 0 Å². The molecule has 1 atom stereocenters. The van der Waals surface area contributed by atoms with Gasteiger partial charge < -0.3 is 15.2 Å². The summed E-state index contributed by atoms with van der Waals surface area (Å²) in [5.74, 6) is 1.82. The van der Waals surface area contributed by atoms with Gasteiger partial charge in [-0.15, -0.1) is 0 Å². The van der Waals surface area contributed by atoms with Crippen LogP contribution >= 0.6 is 11.8 Å². The first-order chi connectivity index (χ1) is 8.07. The number of carbonyl (C=O) groups excluding carboxylic acids is 1. The predicted molar refractivity (Wildman–Crippen MR) is 72.2 cm³/mol. The van der Waals surface area contributed by atoms with E-state index in [1.165, 1.54) is 0 Å². The highest BCUT2D eigenvalue weighted by Gasteiger charge is 2.13. The van der Waals surface area contributed by atoms with Crippen molar-refractivity contribution in [2.45, 2.75) is 33.2 Å². The lowest BCUT2D eigenvalue weighted by Crippen LogP contribution is -2.34. The van der Waals surface area contributed by atoms with Gasteiger partial charge in [-0.05, 0) is 19.3 Å². The molecule has 0 saturated carbocycles. The Morgan fingerprint density at radius 2 is 2.06 bits per heavy atom. The van der Waals surface area contributed by atoms with Crippen molar-refractivity contribution in [1.29, 1.82) is 0 Å². The summed E-state index contributed by atoms with van der Waals surface area (Å²) in [5, 5.41) is 0. The van der Waals surface area contributed by atoms with Crippen LogP contribution < -0.4 is 5.73 Å². The van der Waals surface area contributed by atoms with Crippen LogP contribution in [0.15, 0.2) is 0 Å². The molecule has 0 radical (unpaired) electrons. The van der Waals surface area contributed by atoms with Crippen LogP contribution in [0.4, 0.5) is 0 Å². The predicted octanol–water partition coefficient (Wildman–Crippen LogP) is 1.67. The fourth-order valence-corrected chi connectivity index (χ4v) is 1.86. The summed E-state index contributed by atoms with van der Waals surface area (Å²) in [6, 6.07) is -0.518. The zero-order chi connectivity index (χ0) is 13.1. The maximum Gasteiger partial charge on any atom is 0.323 e. The van der Waals surface area contributed by atoms with Gasteiger partial charge in [-0.1, -0.05) is 13.8 Å². The van der Waals surface area contributed by atoms with Crippen LogP contribution in [-0.2, 0) is 14.3 Å². The van der Waals surface area contributed by atoms with Crippen molar-refractivity contribution in [3.63, 3.8) is 0 Å². The summed E-state index contributed by atoms with van der Waals surface area (Å²) >= 11 is 1.62. The third-order valence-electron chi connectivity index (χ3n) is 2.10. The molecule has 0 aromatic heterocycles. The van der Waals surface area contributed by atoms with Crippen LogP contribution in [0.1, 0.15) is 27.2 Å². The average molecular weight is 263 g/mol. The van der Waals surface area contributed by atoms with E-state index in [2.05, 4.69) is 13.8 Å². The van der Waals surface area contributed by atoms with Gasteiger partial charge in [0.1, 0.15) is 6.04 Å². The highest BCUT2D eigenvalue weighted by atomic mass is 32.2. The lowest BCUT2D eigenvalue weighted by atomic mass is 10.1. The normalized spacial score (nSPS) is 12.8. The maximum absolute atomic E-state index is 11.2. The Bertz CT molecular complexity index is 200. The van der Waals surface area contributed by atoms with E-state index >= 15 is 0 Å². The van der Waals surface area contributed by atoms with E-state index in [0.717, 1.165) is 18.8 Å². The van der Waals surface area contributed by atoms with Crippen LogP contribution in [0.25, 0.3) is 0 Å². The molecule has 0 saturated heterocycles. The van der Waals surface area contributed by atoms with Gasteiger partial charge in [0.15, 0.2) is 0 Å². The molecule has 0 aromatic rings. The van der Waals surface area contributed by atoms with Crippen LogP contribution in [0.2, 0.25) is 0 Å². The molecule has 0 amide bonds. The Balaban J connectivity index is 3.30. The number of carbonyl (C=O) groups is 1. The molecular weight excluding hydrogens is 238 g/mol. The fraction of sp³-hybridized carbons (Fsp3) is 0.917. The highest BCUT2D eigenvalue weighted by Crippen LogP contribution is 2.04. The van der Waals surface area contributed by atoms with Gasteiger partial charge in [-0.3, -0.25) is 4.79 Å². The SMILES string of the molecule is CCOC(=O)C(N)CSCCOCCC(C)C. The summed E-state index contributed by atoms with van der Waals surface area (Å²) in [6.45, 7) is 8.04. The molecule has 0 aromatic carbocycles. The van der Waals surface area contributed by atoms with E-state index in [4.69, 9.17) is 15.2 Å². The van der Waals surface area contributed by atoms with Crippen LogP contribution in [-0.4, -0.2) is 43.3 Å². The van der Waals surface area contributed by atoms with E-state index in [0.29, 0.717) is 24.9 Å². The minimum atomic E-state index is -0.518. The van der Waals surface area contributed by atoms with E-state index in [9.17, 15) is 4.79 Å². The molecule has 0 rings (SSSR count). The van der Waals surface area contributed by atoms with Gasteiger partial charge in [-0.25, -0.2) is 0 Å². The van der Waals surface area contributed by atoms with E-state index in [1.807, 2.05) is 0 Å². The van der Waals surface area contributed by atoms with Gasteiger partial charge in [0.25, 0.3) is 0 Å². The molecule has 0 bridgehead atoms. The molecule has 2 N–H and O–H groups in total. The molecule has 0 aliphatic rings. The Kier molecular flexibility index (Phi) is 10.7. The quantitative estimate of drug-likeness (QED) is 0.480. The molecule has 0 spiro atoms. The highest BCUT2D eigenvalue weighted by molar-refractivity contribution is 7.99. The summed E-state index contributed by atoms with van der Waals surface area (Å²) in [6.07, 6.45) is 1.09. The van der Waals surface area contributed by atoms with Crippen molar-refractivity contribution in [2.75, 3.05) is 31.3 Å². The third-order valence-corrected chi connectivity index (χ3v) is 3.15. The molecule has 4 nitrogen and oxygen atoms in total. The molecule has 0 aliphatic heterocycles. The smallest absolute Gasteiger partial charge is 0.323 e. The molecule has 0 heterocycles. The second-order valence-electron chi connectivity index (χ2n) is 4.23. The molecule has 0 fully saturated rings. The largest absolute Gasteiger partial charge is 0.465 e. The molecule has 0 aliphatic carbocycles. The number of esters is 1. The van der Waals surface area contributed by atoms with Crippen molar-refractivity contribution >= 4 is 17.7 Å². The number of nitrogens with two attached hydrogens (primary N) is 1. The second kappa shape index (κ2) is 10.9. The lowest BCUT2D eigenvalue weighted by Gasteiger charge is -2.10. The van der Waals surface area contributed by atoms with Crippen LogP contribution in [0.3, 0.4) is 0 Å². The van der Waals surface area contributed by atoms with E-state index < -0.39 is 6.04 Å². The Morgan fingerprint density at radius 3 is 2.65 bits per heavy atom. The monoisotopic (exact) mass is 263 g/mol. The second-order valence-corrected chi connectivity index (χ2v) is 5.38. The molecule has 1 unspecified atom stereocenters. The topological polar surface area (TPSA) is 61.5 Å². The van der Waals surface area contributed by atoms with Crippen LogP contribution in [0.5, 0.6) is 0 Å². The van der Waals surface area contributed by atoms with Crippen LogP contribution in [0, 0.1) is 5.92 Å². The standard InChI is InChI=1S/C12H25NO3S/c1-4-16-12(14)11(13)9-17-8-7-15-6-5-10(2)3/h10-11H,4-9,13H2,1-3H3. The van der Waals surface area contributed by atoms with Gasteiger partial charge in [0.2, 0.25) is 0 Å². The summed E-state index contributed by atoms with van der Waals surface area (Å²) in [5.41, 5.74) is 5.65. The number of ether oxygens (including phenoxy) is 2. The van der Waals surface area contributed by atoms with E-state index in [1.54, 1.807) is 18.7 Å². The summed E-state index contributed by atoms with van der Waals surface area (Å²) in [7, 11) is 0. The maximum atomic E-state index is 11.2. The fourth-order valence-electron chi connectivity index (χ4n) is 1.07. The first-order valence-electron chi connectivity index (χ1n) is 6.15. The van der Waals surface area contributed by atoms with Gasteiger partial charge >= 0.3 is 5.97 Å². The van der Waals surface area contributed by atoms with Gasteiger partial charge in [-0.2, -0.15) is 11.8 Å². The summed E-state index contributed by atoms with van der Waals surface area (Å²) in [4.78, 5) is 11.2. The number of hydrogen-bond donors (Lipinski definition) is 1. The molecule has 17 heavy (non-hydrogen) atoms. The molecule has 102 valence electrons. The Morgan fingerprint density at radius 1 is 1.35 bits per heavy atom.